The number of nitrogens with two attached hydrogens (primary N) is 5. The van der Waals surface area contributed by atoms with Gasteiger partial charge < -0.3 is 78.3 Å². The predicted octanol–water partition coefficient (Wildman–Crippen LogP) is -7.33. The highest BCUT2D eigenvalue weighted by molar-refractivity contribution is 5.01. The van der Waals surface area contributed by atoms with Crippen LogP contribution in [0.4, 0.5) is 0 Å². The molecule has 1 aliphatic carbocycles. The van der Waals surface area contributed by atoms with E-state index in [0.717, 1.165) is 0 Å². The van der Waals surface area contributed by atoms with Crippen LogP contribution in [0.1, 0.15) is 6.42 Å². The van der Waals surface area contributed by atoms with Crippen LogP contribution in [0.5, 0.6) is 0 Å². The fraction of sp³-hybridized carbons (Fsp3) is 1.00. The summed E-state index contributed by atoms with van der Waals surface area (Å²) in [6.45, 7) is -0.694. The Morgan fingerprint density at radius 1 is 0.667 bits per heavy atom. The van der Waals surface area contributed by atoms with Crippen molar-refractivity contribution in [1.82, 2.24) is 0 Å². The van der Waals surface area contributed by atoms with Crippen LogP contribution in [-0.2, 0) is 18.9 Å². The van der Waals surface area contributed by atoms with E-state index in [0.29, 0.717) is 0 Å². The van der Waals surface area contributed by atoms with E-state index < -0.39 is 98.3 Å². The smallest absolute Gasteiger partial charge is 0.186 e. The van der Waals surface area contributed by atoms with Crippen LogP contribution in [0, 0.1) is 0 Å². The van der Waals surface area contributed by atoms with Gasteiger partial charge in [-0.25, -0.2) is 0 Å². The highest BCUT2D eigenvalue weighted by atomic mass is 16.7. The molecule has 0 aromatic rings. The Kier molecular flexibility index (Phi) is 8.99. The quantitative estimate of drug-likeness (QED) is 0.167. The molecule has 15 atom stereocenters. The summed E-state index contributed by atoms with van der Waals surface area (Å²) in [6, 6.07) is -3.92. The van der Waals surface area contributed by atoms with E-state index in [4.69, 9.17) is 47.6 Å². The molecule has 2 saturated heterocycles. The van der Waals surface area contributed by atoms with Crippen molar-refractivity contribution in [3.63, 3.8) is 0 Å². The summed E-state index contributed by atoms with van der Waals surface area (Å²) in [7, 11) is 0. The van der Waals surface area contributed by atoms with Crippen LogP contribution < -0.4 is 28.7 Å². The van der Waals surface area contributed by atoms with Crippen LogP contribution in [0.3, 0.4) is 0 Å². The van der Waals surface area contributed by atoms with E-state index in [1.54, 1.807) is 0 Å². The Bertz CT molecular complexity index is 585. The van der Waals surface area contributed by atoms with Gasteiger partial charge in [0.25, 0.3) is 0 Å². The lowest BCUT2D eigenvalue weighted by Crippen LogP contribution is -2.69. The highest BCUT2D eigenvalue weighted by Gasteiger charge is 2.51. The van der Waals surface area contributed by atoms with Gasteiger partial charge in [0.1, 0.15) is 54.9 Å². The third-order valence-electron chi connectivity index (χ3n) is 6.56. The Morgan fingerprint density at radius 2 is 1.21 bits per heavy atom. The molecule has 2 aliphatic heterocycles. The van der Waals surface area contributed by atoms with E-state index in [1.807, 2.05) is 0 Å². The fourth-order valence-corrected chi connectivity index (χ4v) is 4.45. The second-order valence-corrected chi connectivity index (χ2v) is 8.88. The second kappa shape index (κ2) is 11.0. The average molecular weight is 484 g/mol. The van der Waals surface area contributed by atoms with Crippen molar-refractivity contribution in [2.45, 2.75) is 98.1 Å². The van der Waals surface area contributed by atoms with Crippen LogP contribution in [0.25, 0.3) is 0 Å². The van der Waals surface area contributed by atoms with Gasteiger partial charge in [-0.15, -0.1) is 0 Å². The second-order valence-electron chi connectivity index (χ2n) is 8.88. The van der Waals surface area contributed by atoms with Crippen LogP contribution in [0.15, 0.2) is 0 Å². The van der Waals surface area contributed by atoms with Crippen LogP contribution in [0.2, 0.25) is 0 Å². The van der Waals surface area contributed by atoms with Crippen LogP contribution in [-0.4, -0.2) is 135 Å². The van der Waals surface area contributed by atoms with Gasteiger partial charge in [0.05, 0.1) is 18.7 Å². The van der Waals surface area contributed by atoms with E-state index >= 15 is 0 Å². The zero-order chi connectivity index (χ0) is 24.6. The lowest BCUT2D eigenvalue weighted by Gasteiger charge is -2.48. The molecule has 15 nitrogen and oxygen atoms in total. The molecule has 0 aromatic heterocycles. The highest BCUT2D eigenvalue weighted by Crippen LogP contribution is 2.30. The standard InChI is InChI=1S/C18H37N5O10/c19-2-6-11(26)12(27)9(23)17(30-6)32-15-4(20)1-5(21)16(14(15)29)33-18-13(28)8(22)10(25)7(3-24)31-18/h4-18,24-29H,1-3,19-23H2/t4?,5-,6?,7-,8-,9?,10?,11-,12-,13-,14+,15-,16?,17-,18?/m1/s1. The molecule has 0 bridgehead atoms. The Balaban J connectivity index is 1.72. The number of hydrogen-bond donors (Lipinski definition) is 11. The molecule has 3 rings (SSSR count). The molecule has 33 heavy (non-hydrogen) atoms. The fourth-order valence-electron chi connectivity index (χ4n) is 4.45. The molecule has 6 unspecified atom stereocenters. The number of aliphatic hydroxyl groups excluding tert-OH is 6. The molecule has 3 fully saturated rings. The molecule has 194 valence electrons. The first-order valence-electron chi connectivity index (χ1n) is 10.9. The predicted molar refractivity (Wildman–Crippen MR) is 110 cm³/mol. The SMILES string of the molecule is NCC1O[C@H](O[C@@H]2C(N)C[C@@H](N)C(OC3O[C@H](CO)C(O)[C@@H](N)[C@H]3O)[C@H]2O)C(N)[C@@H](O)[C@@H]1O. The zero-order valence-corrected chi connectivity index (χ0v) is 18.0. The monoisotopic (exact) mass is 483 g/mol. The molecular weight excluding hydrogens is 446 g/mol. The molecule has 0 amide bonds. The maximum Gasteiger partial charge on any atom is 0.186 e. The summed E-state index contributed by atoms with van der Waals surface area (Å²) < 4.78 is 22.5. The van der Waals surface area contributed by atoms with Gasteiger partial charge in [-0.2, -0.15) is 0 Å². The maximum absolute atomic E-state index is 11.0. The summed E-state index contributed by atoms with van der Waals surface area (Å²) in [6.07, 6.45) is -13.9. The minimum Gasteiger partial charge on any atom is -0.394 e. The average Bonchev–Trinajstić information content (AvgIpc) is 2.79. The summed E-state index contributed by atoms with van der Waals surface area (Å²) >= 11 is 0. The lowest BCUT2D eigenvalue weighted by atomic mass is 9.84. The first kappa shape index (κ1) is 27.0. The molecule has 15 heteroatoms. The first-order chi connectivity index (χ1) is 15.5. The first-order valence-corrected chi connectivity index (χ1v) is 10.9. The van der Waals surface area contributed by atoms with Gasteiger partial charge in [-0.05, 0) is 6.42 Å². The molecule has 0 radical (unpaired) electrons. The van der Waals surface area contributed by atoms with Gasteiger partial charge in [-0.3, -0.25) is 0 Å². The van der Waals surface area contributed by atoms with Gasteiger partial charge in [0.2, 0.25) is 0 Å². The largest absolute Gasteiger partial charge is 0.394 e. The number of ether oxygens (including phenoxy) is 4. The van der Waals surface area contributed by atoms with Crippen molar-refractivity contribution in [3.8, 4) is 0 Å². The van der Waals surface area contributed by atoms with Crippen molar-refractivity contribution >= 4 is 0 Å². The van der Waals surface area contributed by atoms with Gasteiger partial charge in [0.15, 0.2) is 12.6 Å². The Labute approximate surface area is 190 Å². The number of hydrogen-bond acceptors (Lipinski definition) is 15. The normalized spacial score (nSPS) is 53.7. The van der Waals surface area contributed by atoms with E-state index in [9.17, 15) is 30.6 Å². The Morgan fingerprint density at radius 3 is 1.76 bits per heavy atom. The minimum atomic E-state index is -1.48. The third kappa shape index (κ3) is 5.32. The molecule has 16 N–H and O–H groups in total. The Hall–Kier alpha value is -0.600. The zero-order valence-electron chi connectivity index (χ0n) is 18.0. The van der Waals surface area contributed by atoms with Crippen molar-refractivity contribution < 1.29 is 49.6 Å². The van der Waals surface area contributed by atoms with Crippen molar-refractivity contribution in [2.75, 3.05) is 13.2 Å². The summed E-state index contributed by atoms with van der Waals surface area (Å²) in [5, 5.41) is 60.9. The molecule has 3 aliphatic rings. The van der Waals surface area contributed by atoms with E-state index in [-0.39, 0.29) is 13.0 Å². The van der Waals surface area contributed by atoms with Crippen molar-refractivity contribution in [3.05, 3.63) is 0 Å². The molecule has 0 aromatic carbocycles. The van der Waals surface area contributed by atoms with Gasteiger partial charge >= 0.3 is 0 Å². The third-order valence-corrected chi connectivity index (χ3v) is 6.56. The van der Waals surface area contributed by atoms with E-state index in [2.05, 4.69) is 0 Å². The number of aliphatic hydroxyl groups is 6. The summed E-state index contributed by atoms with van der Waals surface area (Å²) in [4.78, 5) is 0. The van der Waals surface area contributed by atoms with Gasteiger partial charge in [0, 0.05) is 18.6 Å². The topological polar surface area (TPSA) is 288 Å². The molecule has 2 heterocycles. The van der Waals surface area contributed by atoms with Crippen LogP contribution >= 0.6 is 0 Å². The van der Waals surface area contributed by atoms with Gasteiger partial charge in [-0.1, -0.05) is 0 Å². The maximum atomic E-state index is 11.0. The van der Waals surface area contributed by atoms with Crippen molar-refractivity contribution in [2.24, 2.45) is 28.7 Å². The summed E-state index contributed by atoms with van der Waals surface area (Å²) in [5.41, 5.74) is 29.6. The van der Waals surface area contributed by atoms with Crippen molar-refractivity contribution in [1.29, 1.82) is 0 Å². The minimum absolute atomic E-state index is 0.115. The summed E-state index contributed by atoms with van der Waals surface area (Å²) in [5.74, 6) is 0. The molecular formula is C18H37N5O10. The molecule has 1 saturated carbocycles. The number of rotatable bonds is 6. The lowest BCUT2D eigenvalue weighted by molar-refractivity contribution is -0.318. The molecule has 0 spiro atoms. The van der Waals surface area contributed by atoms with E-state index in [1.165, 1.54) is 0 Å².